The van der Waals surface area contributed by atoms with Crippen molar-refractivity contribution >= 4 is 54.1 Å². The Morgan fingerprint density at radius 1 is 0.415 bits per heavy atom. The Bertz CT molecular complexity index is 2330. The van der Waals surface area contributed by atoms with Crippen molar-refractivity contribution in [3.63, 3.8) is 0 Å². The number of benzene rings is 7. The first kappa shape index (κ1) is 22.2. The van der Waals surface area contributed by atoms with E-state index in [1.165, 1.54) is 43.1 Å². The highest BCUT2D eigenvalue weighted by molar-refractivity contribution is 6.31. The molecule has 4 heteroatoms. The van der Waals surface area contributed by atoms with Gasteiger partial charge in [-0.25, -0.2) is 4.98 Å². The lowest BCUT2D eigenvalue weighted by Crippen LogP contribution is -2.06. The van der Waals surface area contributed by atoms with Crippen LogP contribution < -0.4 is 0 Å². The summed E-state index contributed by atoms with van der Waals surface area (Å²) in [4.78, 5) is 15.2. The fraction of sp³-hybridized carbons (Fsp3) is 0. The molecule has 41 heavy (non-hydrogen) atoms. The van der Waals surface area contributed by atoms with Crippen molar-refractivity contribution in [2.75, 3.05) is 0 Å². The fourth-order valence-corrected chi connectivity index (χ4v) is 6.36. The monoisotopic (exact) mass is 522 g/mol. The summed E-state index contributed by atoms with van der Waals surface area (Å²) >= 11 is 0. The van der Waals surface area contributed by atoms with Crippen LogP contribution in [0.25, 0.3) is 82.8 Å². The van der Waals surface area contributed by atoms with E-state index >= 15 is 0 Å². The zero-order chi connectivity index (χ0) is 26.9. The van der Waals surface area contributed by atoms with Gasteiger partial charge in [0.05, 0.1) is 11.0 Å². The molecule has 0 fully saturated rings. The van der Waals surface area contributed by atoms with Gasteiger partial charge < -0.3 is 0 Å². The molecule has 0 unspecified atom stereocenters. The Morgan fingerprint density at radius 3 is 1.73 bits per heavy atom. The van der Waals surface area contributed by atoms with Crippen LogP contribution in [0.3, 0.4) is 0 Å². The molecule has 9 rings (SSSR count). The van der Waals surface area contributed by atoms with E-state index in [0.29, 0.717) is 17.6 Å². The normalized spacial score (nSPS) is 11.9. The molecule has 4 nitrogen and oxygen atoms in total. The van der Waals surface area contributed by atoms with E-state index in [-0.39, 0.29) is 0 Å². The van der Waals surface area contributed by atoms with Crippen LogP contribution in [0.15, 0.2) is 133 Å². The second-order valence-corrected chi connectivity index (χ2v) is 10.5. The number of para-hydroxylation sites is 1. The van der Waals surface area contributed by atoms with Crippen molar-refractivity contribution in [1.82, 2.24) is 19.5 Å². The zero-order valence-corrected chi connectivity index (χ0v) is 22.0. The van der Waals surface area contributed by atoms with Crippen molar-refractivity contribution in [1.29, 1.82) is 0 Å². The lowest BCUT2D eigenvalue weighted by atomic mass is 9.92. The molecular weight excluding hydrogens is 500 g/mol. The van der Waals surface area contributed by atoms with E-state index in [4.69, 9.17) is 15.0 Å². The van der Waals surface area contributed by atoms with Crippen LogP contribution in [0, 0.1) is 0 Å². The van der Waals surface area contributed by atoms with Gasteiger partial charge in [0.25, 0.3) is 0 Å². The van der Waals surface area contributed by atoms with Gasteiger partial charge in [0.1, 0.15) is 0 Å². The van der Waals surface area contributed by atoms with E-state index < -0.39 is 0 Å². The van der Waals surface area contributed by atoms with E-state index in [2.05, 4.69) is 77.4 Å². The number of hydrogen-bond donors (Lipinski definition) is 0. The largest absolute Gasteiger partial charge is 0.277 e. The van der Waals surface area contributed by atoms with E-state index in [9.17, 15) is 0 Å². The molecule has 0 bridgehead atoms. The van der Waals surface area contributed by atoms with Crippen molar-refractivity contribution < 1.29 is 0 Å². The first-order valence-corrected chi connectivity index (χ1v) is 13.8. The quantitative estimate of drug-likeness (QED) is 0.217. The molecule has 0 aliphatic carbocycles. The topological polar surface area (TPSA) is 43.6 Å². The summed E-state index contributed by atoms with van der Waals surface area (Å²) in [6, 6.07) is 46.7. The molecular formula is C37H22N4. The lowest BCUT2D eigenvalue weighted by molar-refractivity contribution is 0.955. The Labute approximate surface area is 235 Å². The van der Waals surface area contributed by atoms with E-state index in [0.717, 1.165) is 22.2 Å². The summed E-state index contributed by atoms with van der Waals surface area (Å²) in [6.07, 6.45) is 0. The maximum atomic E-state index is 5.12. The standard InChI is InChI=1S/C37H22N4/c1-3-10-25(11-4-1)35-38-36(26-12-5-2-6-13-26)40-37(39-35)41-31-17-8-7-16-28(31)30-22-27-19-18-23-14-9-15-24-20-21-29(34(30)41)33(27)32(23)24/h1-22H. The Kier molecular flexibility index (Phi) is 4.58. The molecule has 2 heterocycles. The summed E-state index contributed by atoms with van der Waals surface area (Å²) in [5.41, 5.74) is 4.09. The van der Waals surface area contributed by atoms with Crippen LogP contribution in [0.2, 0.25) is 0 Å². The van der Waals surface area contributed by atoms with Crippen LogP contribution in [0.1, 0.15) is 0 Å². The molecule has 0 aliphatic heterocycles. The second kappa shape index (κ2) is 8.44. The van der Waals surface area contributed by atoms with Crippen LogP contribution in [-0.4, -0.2) is 19.5 Å². The van der Waals surface area contributed by atoms with Crippen LogP contribution >= 0.6 is 0 Å². The highest BCUT2D eigenvalue weighted by Crippen LogP contribution is 2.42. The summed E-state index contributed by atoms with van der Waals surface area (Å²) in [6.45, 7) is 0. The third kappa shape index (κ3) is 3.25. The smallest absolute Gasteiger partial charge is 0.238 e. The van der Waals surface area contributed by atoms with Crippen molar-refractivity contribution in [2.24, 2.45) is 0 Å². The van der Waals surface area contributed by atoms with Gasteiger partial charge in [0.2, 0.25) is 5.95 Å². The summed E-state index contributed by atoms with van der Waals surface area (Å²) < 4.78 is 2.23. The first-order valence-electron chi connectivity index (χ1n) is 13.8. The molecule has 7 aromatic carbocycles. The molecule has 0 saturated carbocycles. The number of fused-ring (bicyclic) bond motifs is 4. The van der Waals surface area contributed by atoms with Crippen LogP contribution in [-0.2, 0) is 0 Å². The predicted octanol–water partition coefficient (Wildman–Crippen LogP) is 9.20. The molecule has 0 spiro atoms. The predicted molar refractivity (Wildman–Crippen MR) is 169 cm³/mol. The van der Waals surface area contributed by atoms with Gasteiger partial charge >= 0.3 is 0 Å². The highest BCUT2D eigenvalue weighted by Gasteiger charge is 2.21. The van der Waals surface area contributed by atoms with E-state index in [1.807, 2.05) is 60.7 Å². The molecule has 0 atom stereocenters. The molecule has 0 radical (unpaired) electrons. The Balaban J connectivity index is 1.46. The maximum absolute atomic E-state index is 5.12. The average Bonchev–Trinajstić information content (AvgIpc) is 3.38. The van der Waals surface area contributed by atoms with Gasteiger partial charge in [-0.3, -0.25) is 4.57 Å². The third-order valence-corrected chi connectivity index (χ3v) is 8.17. The lowest BCUT2D eigenvalue weighted by Gasteiger charge is -2.14. The molecule has 9 aromatic rings. The minimum atomic E-state index is 0.610. The minimum Gasteiger partial charge on any atom is -0.277 e. The van der Waals surface area contributed by atoms with Gasteiger partial charge in [-0.15, -0.1) is 0 Å². The minimum absolute atomic E-state index is 0.610. The zero-order valence-electron chi connectivity index (χ0n) is 22.0. The van der Waals surface area contributed by atoms with E-state index in [1.54, 1.807) is 0 Å². The van der Waals surface area contributed by atoms with Crippen LogP contribution in [0.4, 0.5) is 0 Å². The number of rotatable bonds is 3. The highest BCUT2D eigenvalue weighted by atomic mass is 15.2. The number of aromatic nitrogens is 4. The van der Waals surface area contributed by atoms with Gasteiger partial charge in [0, 0.05) is 27.3 Å². The van der Waals surface area contributed by atoms with Crippen molar-refractivity contribution in [3.8, 4) is 28.7 Å². The van der Waals surface area contributed by atoms with Crippen LogP contribution in [0.5, 0.6) is 0 Å². The third-order valence-electron chi connectivity index (χ3n) is 8.17. The molecule has 2 aromatic heterocycles. The second-order valence-electron chi connectivity index (χ2n) is 10.5. The summed E-state index contributed by atoms with van der Waals surface area (Å²) in [5.74, 6) is 1.91. The fourth-order valence-electron chi connectivity index (χ4n) is 6.36. The van der Waals surface area contributed by atoms with Crippen molar-refractivity contribution in [3.05, 3.63) is 133 Å². The first-order chi connectivity index (χ1) is 20.3. The SMILES string of the molecule is c1ccc(-c2nc(-c3ccccc3)nc(-n3c4ccccc4c4cc5ccc6cccc7ccc(c5c67)c43)n2)cc1. The molecule has 190 valence electrons. The maximum Gasteiger partial charge on any atom is 0.238 e. The van der Waals surface area contributed by atoms with Gasteiger partial charge in [-0.2, -0.15) is 9.97 Å². The molecule has 0 amide bonds. The van der Waals surface area contributed by atoms with Gasteiger partial charge in [0.15, 0.2) is 11.6 Å². The number of hydrogen-bond acceptors (Lipinski definition) is 3. The van der Waals surface area contributed by atoms with Gasteiger partial charge in [-0.05, 0) is 39.1 Å². The molecule has 0 aliphatic rings. The van der Waals surface area contributed by atoms with Crippen molar-refractivity contribution in [2.45, 2.75) is 0 Å². The Morgan fingerprint density at radius 2 is 1.02 bits per heavy atom. The molecule has 0 N–H and O–H groups in total. The Hall–Kier alpha value is -5.61. The summed E-state index contributed by atoms with van der Waals surface area (Å²) in [5, 5.41) is 9.88. The number of nitrogens with zero attached hydrogens (tertiary/aromatic N) is 4. The van der Waals surface area contributed by atoms with Gasteiger partial charge in [-0.1, -0.05) is 121 Å². The molecule has 0 saturated heterocycles. The average molecular weight is 523 g/mol. The summed E-state index contributed by atoms with van der Waals surface area (Å²) in [7, 11) is 0.